The van der Waals surface area contributed by atoms with Crippen molar-refractivity contribution < 1.29 is 0 Å². The number of nitrogens with one attached hydrogen (secondary N) is 1. The predicted molar refractivity (Wildman–Crippen MR) is 99.5 cm³/mol. The molecule has 0 aliphatic carbocycles. The zero-order valence-corrected chi connectivity index (χ0v) is 14.7. The Morgan fingerprint density at radius 1 is 1.08 bits per heavy atom. The van der Waals surface area contributed by atoms with Crippen LogP contribution in [0.3, 0.4) is 0 Å². The highest BCUT2D eigenvalue weighted by Crippen LogP contribution is 2.27. The van der Waals surface area contributed by atoms with Crippen LogP contribution in [0.5, 0.6) is 0 Å². The van der Waals surface area contributed by atoms with Crippen molar-refractivity contribution in [2.24, 2.45) is 4.99 Å². The molecule has 3 rings (SSSR count). The van der Waals surface area contributed by atoms with Crippen LogP contribution in [0.2, 0.25) is 10.0 Å². The summed E-state index contributed by atoms with van der Waals surface area (Å²) in [4.78, 5) is 17.2. The molecule has 122 valence electrons. The first-order valence-corrected chi connectivity index (χ1v) is 8.10. The number of H-pyrrole nitrogens is 1. The summed E-state index contributed by atoms with van der Waals surface area (Å²) in [6, 6.07) is 14.5. The monoisotopic (exact) mass is 359 g/mol. The number of hydrogen-bond donors (Lipinski definition) is 1. The van der Waals surface area contributed by atoms with E-state index < -0.39 is 0 Å². The van der Waals surface area contributed by atoms with Gasteiger partial charge in [0.15, 0.2) is 0 Å². The van der Waals surface area contributed by atoms with Gasteiger partial charge in [-0.05, 0) is 44.2 Å². The minimum Gasteiger partial charge on any atom is -0.295 e. The molecule has 1 heterocycles. The summed E-state index contributed by atoms with van der Waals surface area (Å²) in [5.41, 5.74) is 3.20. The molecule has 0 atom stereocenters. The maximum absolute atomic E-state index is 12.7. The number of rotatable bonds is 3. The van der Waals surface area contributed by atoms with E-state index >= 15 is 0 Å². The van der Waals surface area contributed by atoms with E-state index in [0.29, 0.717) is 27.0 Å². The van der Waals surface area contributed by atoms with E-state index in [0.717, 1.165) is 11.4 Å². The second-order valence-electron chi connectivity index (χ2n) is 5.38. The average Bonchev–Trinajstić information content (AvgIpc) is 2.86. The summed E-state index contributed by atoms with van der Waals surface area (Å²) in [5.74, 6) is 0. The van der Waals surface area contributed by atoms with Gasteiger partial charge in [-0.15, -0.1) is 0 Å². The summed E-state index contributed by atoms with van der Waals surface area (Å²) in [6.45, 7) is 3.65. The van der Waals surface area contributed by atoms with Crippen LogP contribution >= 0.6 is 23.2 Å². The van der Waals surface area contributed by atoms with Crippen molar-refractivity contribution in [2.75, 3.05) is 0 Å². The van der Waals surface area contributed by atoms with Crippen molar-refractivity contribution in [2.45, 2.75) is 13.8 Å². The summed E-state index contributed by atoms with van der Waals surface area (Å²) < 4.78 is 1.51. The van der Waals surface area contributed by atoms with Crippen LogP contribution in [0.1, 0.15) is 18.2 Å². The maximum Gasteiger partial charge on any atom is 0.280 e. The Balaban J connectivity index is 2.06. The number of halogens is 2. The van der Waals surface area contributed by atoms with Crippen LogP contribution in [0, 0.1) is 6.92 Å². The molecule has 0 fully saturated rings. The molecule has 0 radical (unpaired) electrons. The van der Waals surface area contributed by atoms with E-state index in [-0.39, 0.29) is 5.56 Å². The third kappa shape index (κ3) is 3.16. The molecular weight excluding hydrogens is 345 g/mol. The zero-order chi connectivity index (χ0) is 17.3. The van der Waals surface area contributed by atoms with Crippen LogP contribution in [-0.4, -0.2) is 15.5 Å². The number of aryl methyl sites for hydroxylation is 1. The highest BCUT2D eigenvalue weighted by molar-refractivity contribution is 6.42. The van der Waals surface area contributed by atoms with Gasteiger partial charge >= 0.3 is 0 Å². The van der Waals surface area contributed by atoms with E-state index in [1.165, 1.54) is 4.68 Å². The number of aromatic amines is 1. The molecule has 2 aromatic carbocycles. The van der Waals surface area contributed by atoms with Crippen LogP contribution in [0.4, 0.5) is 5.69 Å². The number of nitrogens with zero attached hydrogens (tertiary/aromatic N) is 2. The van der Waals surface area contributed by atoms with Crippen molar-refractivity contribution in [3.63, 3.8) is 0 Å². The largest absolute Gasteiger partial charge is 0.295 e. The zero-order valence-electron chi connectivity index (χ0n) is 13.2. The Labute approximate surface area is 149 Å². The SMILES string of the molecule is CC(=Nc1ccc(Cl)c(Cl)c1)c1c(C)[nH]n(-c2ccccc2)c1=O. The van der Waals surface area contributed by atoms with Crippen molar-refractivity contribution in [1.29, 1.82) is 0 Å². The normalized spacial score (nSPS) is 11.8. The summed E-state index contributed by atoms with van der Waals surface area (Å²) in [5, 5.41) is 3.99. The van der Waals surface area contributed by atoms with Gasteiger partial charge in [0.2, 0.25) is 0 Å². The predicted octanol–water partition coefficient (Wildman–Crippen LogP) is 4.92. The lowest BCUT2D eigenvalue weighted by atomic mass is 10.1. The van der Waals surface area contributed by atoms with Gasteiger partial charge in [-0.2, -0.15) is 0 Å². The number of hydrogen-bond acceptors (Lipinski definition) is 2. The topological polar surface area (TPSA) is 50.1 Å². The lowest BCUT2D eigenvalue weighted by molar-refractivity contribution is 0.835. The van der Waals surface area contributed by atoms with Crippen LogP contribution in [0.25, 0.3) is 5.69 Å². The van der Waals surface area contributed by atoms with Crippen molar-refractivity contribution in [3.05, 3.63) is 80.2 Å². The first-order chi connectivity index (χ1) is 11.5. The first kappa shape index (κ1) is 16.6. The van der Waals surface area contributed by atoms with Gasteiger partial charge in [0.25, 0.3) is 5.56 Å². The van der Waals surface area contributed by atoms with Gasteiger partial charge in [0.1, 0.15) is 0 Å². The third-order valence-electron chi connectivity index (χ3n) is 3.65. The minimum atomic E-state index is -0.139. The Morgan fingerprint density at radius 2 is 1.79 bits per heavy atom. The summed E-state index contributed by atoms with van der Waals surface area (Å²) in [7, 11) is 0. The van der Waals surface area contributed by atoms with Crippen LogP contribution in [-0.2, 0) is 0 Å². The fourth-order valence-corrected chi connectivity index (χ4v) is 2.83. The quantitative estimate of drug-likeness (QED) is 0.662. The number of aliphatic imine (C=N–C) groups is 1. The fraction of sp³-hybridized carbons (Fsp3) is 0.111. The molecule has 0 unspecified atom stereocenters. The highest BCUT2D eigenvalue weighted by atomic mass is 35.5. The first-order valence-electron chi connectivity index (χ1n) is 7.35. The lowest BCUT2D eigenvalue weighted by Gasteiger charge is -2.01. The van der Waals surface area contributed by atoms with E-state index in [1.807, 2.05) is 37.3 Å². The summed E-state index contributed by atoms with van der Waals surface area (Å²) >= 11 is 11.9. The van der Waals surface area contributed by atoms with Crippen molar-refractivity contribution in [3.8, 4) is 5.69 Å². The smallest absolute Gasteiger partial charge is 0.280 e. The Bertz CT molecular complexity index is 972. The van der Waals surface area contributed by atoms with E-state index in [4.69, 9.17) is 23.2 Å². The van der Waals surface area contributed by atoms with E-state index in [2.05, 4.69) is 10.1 Å². The van der Waals surface area contributed by atoms with Gasteiger partial charge in [0, 0.05) is 5.69 Å². The maximum atomic E-state index is 12.7. The number of para-hydroxylation sites is 1. The van der Waals surface area contributed by atoms with Gasteiger partial charge in [-0.1, -0.05) is 41.4 Å². The molecule has 0 saturated heterocycles. The molecule has 6 heteroatoms. The molecule has 0 aliphatic heterocycles. The molecule has 4 nitrogen and oxygen atoms in total. The lowest BCUT2D eigenvalue weighted by Crippen LogP contribution is -2.19. The number of benzene rings is 2. The molecular formula is C18H15Cl2N3O. The highest BCUT2D eigenvalue weighted by Gasteiger charge is 2.15. The van der Waals surface area contributed by atoms with Gasteiger partial charge in [-0.3, -0.25) is 14.9 Å². The second-order valence-corrected chi connectivity index (χ2v) is 6.20. The molecule has 24 heavy (non-hydrogen) atoms. The van der Waals surface area contributed by atoms with Crippen molar-refractivity contribution in [1.82, 2.24) is 9.78 Å². The average molecular weight is 360 g/mol. The Morgan fingerprint density at radius 3 is 2.46 bits per heavy atom. The van der Waals surface area contributed by atoms with Gasteiger partial charge in [0.05, 0.1) is 32.7 Å². The van der Waals surface area contributed by atoms with Gasteiger partial charge in [-0.25, -0.2) is 4.68 Å². The standard InChI is InChI=1S/C18H15Cl2N3O/c1-11(21-13-8-9-15(19)16(20)10-13)17-12(2)22-23(18(17)24)14-6-4-3-5-7-14/h3-10,22H,1-2H3. The Hall–Kier alpha value is -2.30. The van der Waals surface area contributed by atoms with E-state index in [1.54, 1.807) is 25.1 Å². The second kappa shape index (κ2) is 6.67. The molecule has 0 bridgehead atoms. The van der Waals surface area contributed by atoms with Gasteiger partial charge < -0.3 is 0 Å². The molecule has 0 aliphatic rings. The molecule has 1 N–H and O–H groups in total. The molecule has 0 saturated carbocycles. The fourth-order valence-electron chi connectivity index (χ4n) is 2.54. The third-order valence-corrected chi connectivity index (χ3v) is 4.39. The Kier molecular flexibility index (Phi) is 4.60. The molecule has 3 aromatic rings. The number of aromatic nitrogens is 2. The van der Waals surface area contributed by atoms with E-state index in [9.17, 15) is 4.79 Å². The minimum absolute atomic E-state index is 0.139. The molecule has 1 aromatic heterocycles. The summed E-state index contributed by atoms with van der Waals surface area (Å²) in [6.07, 6.45) is 0. The van der Waals surface area contributed by atoms with Crippen molar-refractivity contribution >= 4 is 34.6 Å². The van der Waals surface area contributed by atoms with Crippen LogP contribution < -0.4 is 5.56 Å². The molecule has 0 amide bonds. The molecule has 0 spiro atoms. The van der Waals surface area contributed by atoms with Crippen LogP contribution in [0.15, 0.2) is 58.3 Å².